The van der Waals surface area contributed by atoms with Crippen LogP contribution >= 0.6 is 11.6 Å². The first-order chi connectivity index (χ1) is 12.7. The molecular formula is C18H24ClN3O5. The summed E-state index contributed by atoms with van der Waals surface area (Å²) in [5, 5.41) is 25.9. The smallest absolute Gasteiger partial charge is 0.270 e. The second-order valence-corrected chi connectivity index (χ2v) is 7.54. The largest absolute Gasteiger partial charge is 0.393 e. The minimum Gasteiger partial charge on any atom is -0.393 e. The van der Waals surface area contributed by atoms with Crippen molar-refractivity contribution in [2.45, 2.75) is 57.7 Å². The lowest BCUT2D eigenvalue weighted by Gasteiger charge is -2.29. The summed E-state index contributed by atoms with van der Waals surface area (Å²) in [6.45, 7) is 3.62. The monoisotopic (exact) mass is 397 g/mol. The molecule has 148 valence electrons. The fourth-order valence-corrected chi connectivity index (χ4v) is 3.33. The number of hydrogen-bond donors (Lipinski definition) is 3. The number of nitro benzene ring substituents is 1. The van der Waals surface area contributed by atoms with Crippen LogP contribution in [0.1, 0.15) is 49.9 Å². The first-order valence-electron chi connectivity index (χ1n) is 8.92. The van der Waals surface area contributed by atoms with Crippen molar-refractivity contribution >= 4 is 29.1 Å². The Morgan fingerprint density at radius 3 is 2.41 bits per heavy atom. The molecule has 0 heterocycles. The van der Waals surface area contributed by atoms with Crippen molar-refractivity contribution in [2.24, 2.45) is 5.92 Å². The van der Waals surface area contributed by atoms with Gasteiger partial charge >= 0.3 is 0 Å². The van der Waals surface area contributed by atoms with E-state index < -0.39 is 16.9 Å². The summed E-state index contributed by atoms with van der Waals surface area (Å²) >= 11 is 5.99. The maximum atomic E-state index is 12.6. The van der Waals surface area contributed by atoms with Crippen molar-refractivity contribution < 1.29 is 19.6 Å². The van der Waals surface area contributed by atoms with Crippen molar-refractivity contribution in [3.63, 3.8) is 0 Å². The number of halogens is 1. The summed E-state index contributed by atoms with van der Waals surface area (Å²) in [4.78, 5) is 35.3. The molecule has 0 saturated heterocycles. The third-order valence-electron chi connectivity index (χ3n) is 4.69. The molecule has 9 heteroatoms. The average molecular weight is 398 g/mol. The Morgan fingerprint density at radius 2 is 1.89 bits per heavy atom. The lowest BCUT2D eigenvalue weighted by atomic mass is 9.92. The van der Waals surface area contributed by atoms with Gasteiger partial charge in [0.1, 0.15) is 6.04 Å². The minimum absolute atomic E-state index is 0.0259. The van der Waals surface area contributed by atoms with Crippen LogP contribution in [0.15, 0.2) is 18.2 Å². The predicted octanol–water partition coefficient (Wildman–Crippen LogP) is 2.42. The molecule has 8 nitrogen and oxygen atoms in total. The van der Waals surface area contributed by atoms with Crippen LogP contribution < -0.4 is 10.6 Å². The van der Waals surface area contributed by atoms with E-state index in [2.05, 4.69) is 10.6 Å². The van der Waals surface area contributed by atoms with E-state index in [-0.39, 0.29) is 40.2 Å². The Labute approximate surface area is 162 Å². The van der Waals surface area contributed by atoms with Gasteiger partial charge in [-0.15, -0.1) is 0 Å². The zero-order valence-corrected chi connectivity index (χ0v) is 16.0. The lowest BCUT2D eigenvalue weighted by Crippen LogP contribution is -2.52. The maximum absolute atomic E-state index is 12.6. The van der Waals surface area contributed by atoms with Gasteiger partial charge in [-0.2, -0.15) is 0 Å². The van der Waals surface area contributed by atoms with Crippen molar-refractivity contribution in [3.05, 3.63) is 38.9 Å². The van der Waals surface area contributed by atoms with Crippen LogP contribution in [0, 0.1) is 16.0 Å². The number of amides is 2. The van der Waals surface area contributed by atoms with Gasteiger partial charge in [0.2, 0.25) is 5.91 Å². The molecule has 0 radical (unpaired) electrons. The summed E-state index contributed by atoms with van der Waals surface area (Å²) in [7, 11) is 0. The number of aliphatic hydroxyl groups excluding tert-OH is 1. The number of carbonyl (C=O) groups excluding carboxylic acids is 2. The second kappa shape index (κ2) is 9.14. The number of carbonyl (C=O) groups is 2. The van der Waals surface area contributed by atoms with E-state index in [1.165, 1.54) is 12.1 Å². The second-order valence-electron chi connectivity index (χ2n) is 7.13. The molecule has 3 N–H and O–H groups in total. The Hall–Kier alpha value is -2.19. The number of non-ortho nitro benzene ring substituents is 1. The standard InChI is InChI=1S/C18H24ClN3O5/c1-10(2)16(18(25)20-11-3-6-13(23)7-4-11)21-17(24)14-8-5-12(22(26)27)9-15(14)19/h5,8-11,13,16,23H,3-4,6-7H2,1-2H3,(H,20,25)(H,21,24). The topological polar surface area (TPSA) is 122 Å². The summed E-state index contributed by atoms with van der Waals surface area (Å²) < 4.78 is 0. The zero-order chi connectivity index (χ0) is 20.1. The number of rotatable bonds is 6. The van der Waals surface area contributed by atoms with Crippen molar-refractivity contribution in [3.8, 4) is 0 Å². The van der Waals surface area contributed by atoms with Crippen LogP contribution in [-0.2, 0) is 4.79 Å². The molecule has 0 spiro atoms. The normalized spacial score (nSPS) is 20.8. The van der Waals surface area contributed by atoms with Gasteiger partial charge in [0, 0.05) is 18.2 Å². The summed E-state index contributed by atoms with van der Waals surface area (Å²) in [5.74, 6) is -1.03. The highest BCUT2D eigenvalue weighted by Crippen LogP contribution is 2.23. The quantitative estimate of drug-likeness (QED) is 0.502. The number of nitrogens with one attached hydrogen (secondary N) is 2. The third-order valence-corrected chi connectivity index (χ3v) is 5.00. The Balaban J connectivity index is 2.05. The van der Waals surface area contributed by atoms with Gasteiger partial charge < -0.3 is 15.7 Å². The highest BCUT2D eigenvalue weighted by molar-refractivity contribution is 6.34. The SMILES string of the molecule is CC(C)C(NC(=O)c1ccc([N+](=O)[O-])cc1Cl)C(=O)NC1CCC(O)CC1. The molecule has 2 amide bonds. The number of nitro groups is 1. The summed E-state index contributed by atoms with van der Waals surface area (Å²) in [5.41, 5.74) is -0.143. The summed E-state index contributed by atoms with van der Waals surface area (Å²) in [6, 6.07) is 2.78. The van der Waals surface area contributed by atoms with Crippen molar-refractivity contribution in [2.75, 3.05) is 0 Å². The van der Waals surface area contributed by atoms with Gasteiger partial charge in [-0.05, 0) is 37.7 Å². The van der Waals surface area contributed by atoms with E-state index in [1.54, 1.807) is 0 Å². The van der Waals surface area contributed by atoms with Gasteiger partial charge in [0.15, 0.2) is 0 Å². The molecule has 1 saturated carbocycles. The molecule has 0 bridgehead atoms. The van der Waals surface area contributed by atoms with Crippen LogP contribution in [0.3, 0.4) is 0 Å². The number of benzene rings is 1. The van der Waals surface area contributed by atoms with Crippen LogP contribution in [-0.4, -0.2) is 40.0 Å². The summed E-state index contributed by atoms with van der Waals surface area (Å²) in [6.07, 6.45) is 2.35. The average Bonchev–Trinajstić information content (AvgIpc) is 2.60. The number of aliphatic hydroxyl groups is 1. The first kappa shape index (κ1) is 21.1. The van der Waals surface area contributed by atoms with E-state index >= 15 is 0 Å². The molecule has 1 aromatic rings. The van der Waals surface area contributed by atoms with Crippen molar-refractivity contribution in [1.29, 1.82) is 0 Å². The highest BCUT2D eigenvalue weighted by atomic mass is 35.5. The molecule has 2 rings (SSSR count). The van der Waals surface area contributed by atoms with Gasteiger partial charge in [-0.25, -0.2) is 0 Å². The fraction of sp³-hybridized carbons (Fsp3) is 0.556. The van der Waals surface area contributed by atoms with E-state index in [9.17, 15) is 24.8 Å². The molecule has 0 aromatic heterocycles. The third kappa shape index (κ3) is 5.64. The molecule has 1 aromatic carbocycles. The zero-order valence-electron chi connectivity index (χ0n) is 15.3. The van der Waals surface area contributed by atoms with Gasteiger partial charge in [0.05, 0.1) is 21.6 Å². The Kier molecular flexibility index (Phi) is 7.15. The van der Waals surface area contributed by atoms with Crippen LogP contribution in [0.2, 0.25) is 5.02 Å². The minimum atomic E-state index is -0.768. The van der Waals surface area contributed by atoms with Gasteiger partial charge in [-0.3, -0.25) is 19.7 Å². The van der Waals surface area contributed by atoms with Gasteiger partial charge in [-0.1, -0.05) is 25.4 Å². The van der Waals surface area contributed by atoms with E-state index in [0.717, 1.165) is 6.07 Å². The molecule has 1 aliphatic carbocycles. The van der Waals surface area contributed by atoms with E-state index in [1.807, 2.05) is 13.8 Å². The molecule has 1 atom stereocenters. The Bertz CT molecular complexity index is 717. The van der Waals surface area contributed by atoms with Gasteiger partial charge in [0.25, 0.3) is 11.6 Å². The highest BCUT2D eigenvalue weighted by Gasteiger charge is 2.29. The lowest BCUT2D eigenvalue weighted by molar-refractivity contribution is -0.384. The molecule has 1 aliphatic rings. The molecule has 27 heavy (non-hydrogen) atoms. The predicted molar refractivity (Wildman–Crippen MR) is 101 cm³/mol. The molecule has 0 aliphatic heterocycles. The Morgan fingerprint density at radius 1 is 1.26 bits per heavy atom. The number of hydrogen-bond acceptors (Lipinski definition) is 5. The fourth-order valence-electron chi connectivity index (χ4n) is 3.07. The van der Waals surface area contributed by atoms with Crippen LogP contribution in [0.4, 0.5) is 5.69 Å². The van der Waals surface area contributed by atoms with E-state index in [4.69, 9.17) is 11.6 Å². The molecular weight excluding hydrogens is 374 g/mol. The van der Waals surface area contributed by atoms with Crippen molar-refractivity contribution in [1.82, 2.24) is 10.6 Å². The van der Waals surface area contributed by atoms with Crippen LogP contribution in [0.25, 0.3) is 0 Å². The molecule has 1 unspecified atom stereocenters. The van der Waals surface area contributed by atoms with Crippen LogP contribution in [0.5, 0.6) is 0 Å². The maximum Gasteiger partial charge on any atom is 0.270 e. The number of nitrogens with zero attached hydrogens (tertiary/aromatic N) is 1. The molecule has 1 fully saturated rings. The first-order valence-corrected chi connectivity index (χ1v) is 9.30. The van der Waals surface area contributed by atoms with E-state index in [0.29, 0.717) is 25.7 Å².